The molecule has 2 aliphatic heterocycles. The summed E-state index contributed by atoms with van der Waals surface area (Å²) in [6, 6.07) is 0. The van der Waals surface area contributed by atoms with Crippen LogP contribution < -0.4 is 10.6 Å². The summed E-state index contributed by atoms with van der Waals surface area (Å²) in [7, 11) is 0. The molecular formula is C17H23N3O3. The fourth-order valence-electron chi connectivity index (χ4n) is 4.70. The molecule has 6 heteroatoms. The van der Waals surface area contributed by atoms with Crippen LogP contribution in [-0.2, 0) is 14.4 Å². The van der Waals surface area contributed by atoms with Gasteiger partial charge in [-0.1, -0.05) is 12.2 Å². The van der Waals surface area contributed by atoms with Crippen LogP contribution in [0.15, 0.2) is 12.2 Å². The zero-order valence-corrected chi connectivity index (χ0v) is 13.2. The van der Waals surface area contributed by atoms with E-state index in [1.807, 2.05) is 0 Å². The number of rotatable bonds is 4. The van der Waals surface area contributed by atoms with Gasteiger partial charge < -0.3 is 10.6 Å². The number of nitrogens with one attached hydrogen (secondary N) is 2. The van der Waals surface area contributed by atoms with Gasteiger partial charge in [-0.2, -0.15) is 0 Å². The first kappa shape index (κ1) is 14.9. The van der Waals surface area contributed by atoms with E-state index in [0.717, 1.165) is 32.4 Å². The molecule has 2 bridgehead atoms. The highest BCUT2D eigenvalue weighted by Crippen LogP contribution is 2.52. The molecule has 2 saturated heterocycles. The van der Waals surface area contributed by atoms with Gasteiger partial charge in [-0.05, 0) is 44.2 Å². The number of allylic oxidation sites excluding steroid dienone is 2. The van der Waals surface area contributed by atoms with Crippen molar-refractivity contribution in [2.45, 2.75) is 19.3 Å². The highest BCUT2D eigenvalue weighted by molar-refractivity contribution is 6.06. The zero-order valence-electron chi connectivity index (χ0n) is 13.2. The topological polar surface area (TPSA) is 78.5 Å². The molecule has 4 rings (SSSR count). The second-order valence-corrected chi connectivity index (χ2v) is 7.14. The van der Waals surface area contributed by atoms with E-state index in [9.17, 15) is 14.4 Å². The Balaban J connectivity index is 1.31. The number of hydrogen-bond donors (Lipinski definition) is 2. The first-order valence-corrected chi connectivity index (χ1v) is 8.69. The first-order valence-electron chi connectivity index (χ1n) is 8.69. The second kappa shape index (κ2) is 5.74. The predicted octanol–water partition coefficient (Wildman–Crippen LogP) is -0.0907. The van der Waals surface area contributed by atoms with Crippen molar-refractivity contribution >= 4 is 17.7 Å². The molecule has 4 atom stereocenters. The van der Waals surface area contributed by atoms with Crippen LogP contribution in [0.4, 0.5) is 0 Å². The van der Waals surface area contributed by atoms with Gasteiger partial charge in [0.05, 0.1) is 11.8 Å². The summed E-state index contributed by atoms with van der Waals surface area (Å²) in [6.07, 6.45) is 6.85. The van der Waals surface area contributed by atoms with E-state index >= 15 is 0 Å². The van der Waals surface area contributed by atoms with E-state index in [1.54, 1.807) is 0 Å². The summed E-state index contributed by atoms with van der Waals surface area (Å²) in [5.74, 6) is 0.246. The molecule has 6 nitrogen and oxygen atoms in total. The number of nitrogens with zero attached hydrogens (tertiary/aromatic N) is 1. The van der Waals surface area contributed by atoms with Gasteiger partial charge in [0.1, 0.15) is 0 Å². The molecule has 124 valence electrons. The van der Waals surface area contributed by atoms with Crippen molar-refractivity contribution in [1.82, 2.24) is 15.5 Å². The van der Waals surface area contributed by atoms with Crippen LogP contribution in [0.25, 0.3) is 0 Å². The van der Waals surface area contributed by atoms with Gasteiger partial charge in [-0.25, -0.2) is 0 Å². The summed E-state index contributed by atoms with van der Waals surface area (Å²) in [6.45, 7) is 2.42. The SMILES string of the molecule is O=C(NCCN1C(=O)C2C3C=CC(C3)C2C1=O)C1CCNCC1. The summed E-state index contributed by atoms with van der Waals surface area (Å²) in [4.78, 5) is 38.5. The van der Waals surface area contributed by atoms with Crippen molar-refractivity contribution in [3.05, 3.63) is 12.2 Å². The molecule has 4 aliphatic rings. The molecule has 2 heterocycles. The van der Waals surface area contributed by atoms with Gasteiger partial charge in [-0.3, -0.25) is 19.3 Å². The van der Waals surface area contributed by atoms with Gasteiger partial charge in [0, 0.05) is 19.0 Å². The molecular weight excluding hydrogens is 294 g/mol. The minimum atomic E-state index is -0.141. The fourth-order valence-corrected chi connectivity index (χ4v) is 4.70. The standard InChI is InChI=1S/C17H23N3O3/c21-15(10-3-5-18-6-4-10)19-7-8-20-16(22)13-11-1-2-12(9-11)14(13)17(20)23/h1-2,10-14,18H,3-9H2,(H,19,21). The van der Waals surface area contributed by atoms with Crippen LogP contribution in [0, 0.1) is 29.6 Å². The van der Waals surface area contributed by atoms with E-state index < -0.39 is 0 Å². The lowest BCUT2D eigenvalue weighted by Crippen LogP contribution is -2.43. The number of imide groups is 1. The van der Waals surface area contributed by atoms with Crippen LogP contribution in [0.2, 0.25) is 0 Å². The molecule has 4 unspecified atom stereocenters. The lowest BCUT2D eigenvalue weighted by Gasteiger charge is -2.22. The van der Waals surface area contributed by atoms with Gasteiger partial charge in [-0.15, -0.1) is 0 Å². The van der Waals surface area contributed by atoms with Gasteiger partial charge in [0.25, 0.3) is 0 Å². The lowest BCUT2D eigenvalue weighted by atomic mass is 9.85. The van der Waals surface area contributed by atoms with Crippen LogP contribution in [0.1, 0.15) is 19.3 Å². The summed E-state index contributed by atoms with van der Waals surface area (Å²) < 4.78 is 0. The normalized spacial score (nSPS) is 35.9. The number of fused-ring (bicyclic) bond motifs is 5. The van der Waals surface area contributed by atoms with E-state index in [2.05, 4.69) is 22.8 Å². The third-order valence-corrected chi connectivity index (χ3v) is 5.91. The monoisotopic (exact) mass is 317 g/mol. The molecule has 1 saturated carbocycles. The van der Waals surface area contributed by atoms with E-state index in [1.165, 1.54) is 4.90 Å². The minimum absolute atomic E-state index is 0.0343. The largest absolute Gasteiger partial charge is 0.354 e. The van der Waals surface area contributed by atoms with Crippen molar-refractivity contribution in [2.75, 3.05) is 26.2 Å². The van der Waals surface area contributed by atoms with Gasteiger partial charge in [0.15, 0.2) is 0 Å². The molecule has 0 spiro atoms. The van der Waals surface area contributed by atoms with Crippen molar-refractivity contribution in [3.63, 3.8) is 0 Å². The highest BCUT2D eigenvalue weighted by Gasteiger charge is 2.58. The van der Waals surface area contributed by atoms with Crippen molar-refractivity contribution in [3.8, 4) is 0 Å². The molecule has 3 fully saturated rings. The first-order chi connectivity index (χ1) is 11.2. The average molecular weight is 317 g/mol. The van der Waals surface area contributed by atoms with Crippen LogP contribution in [0.3, 0.4) is 0 Å². The molecule has 2 N–H and O–H groups in total. The average Bonchev–Trinajstić information content (AvgIpc) is 3.25. The number of hydrogen-bond acceptors (Lipinski definition) is 4. The molecule has 0 aromatic rings. The number of likely N-dealkylation sites (tertiary alicyclic amines) is 1. The Kier molecular flexibility index (Phi) is 3.71. The molecule has 0 aromatic carbocycles. The summed E-state index contributed by atoms with van der Waals surface area (Å²) in [5, 5.41) is 6.13. The maximum atomic E-state index is 12.5. The van der Waals surface area contributed by atoms with Crippen LogP contribution in [0.5, 0.6) is 0 Å². The second-order valence-electron chi connectivity index (χ2n) is 7.14. The minimum Gasteiger partial charge on any atom is -0.354 e. The molecule has 3 amide bonds. The third-order valence-electron chi connectivity index (χ3n) is 5.91. The van der Waals surface area contributed by atoms with E-state index in [0.29, 0.717) is 13.1 Å². The Bertz CT molecular complexity index is 537. The zero-order chi connectivity index (χ0) is 16.0. The molecule has 23 heavy (non-hydrogen) atoms. The van der Waals surface area contributed by atoms with Crippen molar-refractivity contribution < 1.29 is 14.4 Å². The summed E-state index contributed by atoms with van der Waals surface area (Å²) in [5.41, 5.74) is 0. The smallest absolute Gasteiger partial charge is 0.233 e. The maximum absolute atomic E-state index is 12.5. The fraction of sp³-hybridized carbons (Fsp3) is 0.706. The Morgan fingerprint density at radius 3 is 2.35 bits per heavy atom. The number of piperidine rings is 1. The van der Waals surface area contributed by atoms with Crippen molar-refractivity contribution in [1.29, 1.82) is 0 Å². The molecule has 0 aromatic heterocycles. The van der Waals surface area contributed by atoms with Gasteiger partial charge in [0.2, 0.25) is 17.7 Å². The Morgan fingerprint density at radius 2 is 1.74 bits per heavy atom. The van der Waals surface area contributed by atoms with E-state index in [4.69, 9.17) is 0 Å². The third kappa shape index (κ3) is 2.40. The Hall–Kier alpha value is -1.69. The predicted molar refractivity (Wildman–Crippen MR) is 83.0 cm³/mol. The number of amides is 3. The van der Waals surface area contributed by atoms with Crippen LogP contribution in [-0.4, -0.2) is 48.8 Å². The van der Waals surface area contributed by atoms with Gasteiger partial charge >= 0.3 is 0 Å². The Labute approximate surface area is 135 Å². The van der Waals surface area contributed by atoms with Crippen molar-refractivity contribution in [2.24, 2.45) is 29.6 Å². The van der Waals surface area contributed by atoms with E-state index in [-0.39, 0.29) is 47.3 Å². The molecule has 0 radical (unpaired) electrons. The maximum Gasteiger partial charge on any atom is 0.233 e. The molecule has 2 aliphatic carbocycles. The lowest BCUT2D eigenvalue weighted by molar-refractivity contribution is -0.141. The highest BCUT2D eigenvalue weighted by atomic mass is 16.2. The Morgan fingerprint density at radius 1 is 1.13 bits per heavy atom. The quantitative estimate of drug-likeness (QED) is 0.561. The van der Waals surface area contributed by atoms with Crippen LogP contribution >= 0.6 is 0 Å². The summed E-state index contributed by atoms with van der Waals surface area (Å²) >= 11 is 0. The number of carbonyl (C=O) groups is 3. The number of carbonyl (C=O) groups excluding carboxylic acids is 3.